The number of carbonyl (C=O) groups is 2. The summed E-state index contributed by atoms with van der Waals surface area (Å²) in [5.41, 5.74) is 5.34. The van der Waals surface area contributed by atoms with Gasteiger partial charge in [0.05, 0.1) is 47.5 Å². The quantitative estimate of drug-likeness (QED) is 0.147. The molecule has 0 radical (unpaired) electrons. The molecule has 1 aliphatic carbocycles. The van der Waals surface area contributed by atoms with Gasteiger partial charge in [-0.25, -0.2) is 0 Å². The molecule has 7 nitrogen and oxygen atoms in total. The number of pyridine rings is 1. The number of allylic oxidation sites excluding steroid dienone is 2. The number of thiophene rings is 1. The number of methoxy groups -OCH3 is 1. The fourth-order valence-corrected chi connectivity index (χ4v) is 8.20. The summed E-state index contributed by atoms with van der Waals surface area (Å²) in [5, 5.41) is 12.3. The van der Waals surface area contributed by atoms with Crippen molar-refractivity contribution >= 4 is 57.4 Å². The average Bonchev–Trinajstić information content (AvgIpc) is 3.73. The first-order chi connectivity index (χ1) is 20.8. The molecule has 2 fully saturated rings. The van der Waals surface area contributed by atoms with Gasteiger partial charge in [0, 0.05) is 17.0 Å². The molecule has 6 rings (SSSR count). The first-order valence-corrected chi connectivity index (χ1v) is 16.6. The molecule has 0 saturated carbocycles. The standard InChI is InChI=1S/C34H35IN2O5S/c1-19(2)23-16-24-31(34(40)37(33(24)39)17-22-7-6-12-43-22)25-18-42-28(30(23)25)10-9-21(27-8-4-5-11-36-27)13-20-14-26(35)32(38)29(15-20)41-3/h4-8,11-15,19,24-25,28,31,38H,9-10,16-18H2,1-3H3/b21-13-/t24-,25+,28-,31-/m1/s1. The summed E-state index contributed by atoms with van der Waals surface area (Å²) in [6.07, 6.45) is 5.81. The maximum atomic E-state index is 13.7. The number of nitrogens with zero attached hydrogens (tertiary/aromatic N) is 2. The number of hydrogen-bond acceptors (Lipinski definition) is 7. The van der Waals surface area contributed by atoms with Crippen molar-refractivity contribution in [2.24, 2.45) is 23.7 Å². The number of aromatic hydroxyl groups is 1. The maximum Gasteiger partial charge on any atom is 0.234 e. The number of phenols is 1. The van der Waals surface area contributed by atoms with Gasteiger partial charge in [0.2, 0.25) is 11.8 Å². The van der Waals surface area contributed by atoms with Crippen molar-refractivity contribution in [2.75, 3.05) is 13.7 Å². The molecule has 1 N–H and O–H groups in total. The first-order valence-electron chi connectivity index (χ1n) is 14.7. The monoisotopic (exact) mass is 710 g/mol. The topological polar surface area (TPSA) is 89.0 Å². The van der Waals surface area contributed by atoms with Gasteiger partial charge in [0.15, 0.2) is 11.5 Å². The predicted octanol–water partition coefficient (Wildman–Crippen LogP) is 6.96. The Kier molecular flexibility index (Phi) is 8.75. The minimum absolute atomic E-state index is 0.0385. The Morgan fingerprint density at radius 3 is 2.74 bits per heavy atom. The van der Waals surface area contributed by atoms with Crippen LogP contribution >= 0.6 is 33.9 Å². The van der Waals surface area contributed by atoms with Crippen molar-refractivity contribution in [1.82, 2.24) is 9.88 Å². The minimum Gasteiger partial charge on any atom is -0.504 e. The number of rotatable bonds is 9. The molecule has 2 aliphatic heterocycles. The Morgan fingerprint density at radius 2 is 2.05 bits per heavy atom. The molecular formula is C34H35IN2O5S. The van der Waals surface area contributed by atoms with Crippen LogP contribution in [0.5, 0.6) is 11.5 Å². The van der Waals surface area contributed by atoms with Crippen LogP contribution < -0.4 is 4.74 Å². The number of amides is 2. The van der Waals surface area contributed by atoms with Crippen LogP contribution in [0.3, 0.4) is 0 Å². The van der Waals surface area contributed by atoms with Crippen molar-refractivity contribution in [1.29, 1.82) is 0 Å². The summed E-state index contributed by atoms with van der Waals surface area (Å²) in [4.78, 5) is 34.5. The molecule has 9 heteroatoms. The number of benzene rings is 1. The second kappa shape index (κ2) is 12.5. The van der Waals surface area contributed by atoms with Gasteiger partial charge in [0.1, 0.15) is 0 Å². The van der Waals surface area contributed by atoms with Crippen LogP contribution in [0.4, 0.5) is 0 Å². The summed E-state index contributed by atoms with van der Waals surface area (Å²) in [6, 6.07) is 13.6. The van der Waals surface area contributed by atoms with Gasteiger partial charge in [0.25, 0.3) is 0 Å². The molecule has 2 saturated heterocycles. The van der Waals surface area contributed by atoms with Crippen LogP contribution in [-0.4, -0.2) is 46.6 Å². The normalized spacial score (nSPS) is 23.7. The molecule has 4 heterocycles. The number of halogens is 1. The summed E-state index contributed by atoms with van der Waals surface area (Å²) < 4.78 is 12.6. The van der Waals surface area contributed by atoms with Crippen LogP contribution in [0.2, 0.25) is 0 Å². The predicted molar refractivity (Wildman–Crippen MR) is 175 cm³/mol. The molecule has 2 amide bonds. The van der Waals surface area contributed by atoms with Gasteiger partial charge >= 0.3 is 0 Å². The third-order valence-corrected chi connectivity index (χ3v) is 10.6. The van der Waals surface area contributed by atoms with E-state index in [1.807, 2.05) is 47.8 Å². The molecule has 43 heavy (non-hydrogen) atoms. The Bertz CT molecular complexity index is 1580. The molecular weight excluding hydrogens is 675 g/mol. The minimum atomic E-state index is -0.354. The number of fused-ring (bicyclic) bond motifs is 3. The Labute approximate surface area is 269 Å². The summed E-state index contributed by atoms with van der Waals surface area (Å²) in [7, 11) is 1.55. The van der Waals surface area contributed by atoms with Crippen molar-refractivity contribution in [3.63, 3.8) is 0 Å². The maximum absolute atomic E-state index is 13.7. The highest BCUT2D eigenvalue weighted by Crippen LogP contribution is 2.51. The molecule has 3 aliphatic rings. The Balaban J connectivity index is 1.28. The molecule has 3 aromatic rings. The smallest absolute Gasteiger partial charge is 0.234 e. The molecule has 4 atom stereocenters. The SMILES string of the molecule is COc1cc(/C=C(/CC[C@H]2OC[C@H]3C2=C(C(C)C)C[C@H]2C(=O)N(Cc4cccs4)C(=O)[C@H]23)c2ccccn2)cc(I)c1O. The Hall–Kier alpha value is -3.02. The van der Waals surface area contributed by atoms with E-state index in [9.17, 15) is 14.7 Å². The van der Waals surface area contributed by atoms with Gasteiger partial charge in [-0.3, -0.25) is 19.5 Å². The Morgan fingerprint density at radius 1 is 1.21 bits per heavy atom. The second-order valence-corrected chi connectivity index (χ2v) is 13.9. The summed E-state index contributed by atoms with van der Waals surface area (Å²) >= 11 is 3.68. The van der Waals surface area contributed by atoms with Gasteiger partial charge in [-0.05, 0) is 106 Å². The number of likely N-dealkylation sites (tertiary alicyclic amines) is 1. The second-order valence-electron chi connectivity index (χ2n) is 11.7. The molecule has 0 unspecified atom stereocenters. The van der Waals surface area contributed by atoms with Crippen molar-refractivity contribution in [3.8, 4) is 11.5 Å². The van der Waals surface area contributed by atoms with Crippen molar-refractivity contribution in [2.45, 2.75) is 45.8 Å². The lowest BCUT2D eigenvalue weighted by Crippen LogP contribution is -2.35. The van der Waals surface area contributed by atoms with Crippen LogP contribution in [0, 0.1) is 27.2 Å². The zero-order valence-corrected chi connectivity index (χ0v) is 27.4. The lowest BCUT2D eigenvalue weighted by molar-refractivity contribution is -0.140. The van der Waals surface area contributed by atoms with Gasteiger partial charge in [-0.15, -0.1) is 11.3 Å². The van der Waals surface area contributed by atoms with Gasteiger partial charge < -0.3 is 14.6 Å². The number of imide groups is 1. The highest BCUT2D eigenvalue weighted by atomic mass is 127. The highest BCUT2D eigenvalue weighted by molar-refractivity contribution is 14.1. The fraction of sp³-hybridized carbons (Fsp3) is 0.382. The molecule has 2 aromatic heterocycles. The lowest BCUT2D eigenvalue weighted by Gasteiger charge is -2.33. The van der Waals surface area contributed by atoms with E-state index in [1.54, 1.807) is 24.6 Å². The van der Waals surface area contributed by atoms with E-state index in [1.165, 1.54) is 16.0 Å². The third-order valence-electron chi connectivity index (χ3n) is 8.91. The summed E-state index contributed by atoms with van der Waals surface area (Å²) in [6.45, 7) is 5.17. The molecule has 1 aromatic carbocycles. The number of hydrogen-bond donors (Lipinski definition) is 1. The zero-order valence-electron chi connectivity index (χ0n) is 24.5. The van der Waals surface area contributed by atoms with Crippen molar-refractivity contribution in [3.05, 3.63) is 84.9 Å². The van der Waals surface area contributed by atoms with E-state index in [0.29, 0.717) is 35.3 Å². The van der Waals surface area contributed by atoms with Gasteiger partial charge in [-0.1, -0.05) is 31.6 Å². The zero-order chi connectivity index (χ0) is 30.2. The first kappa shape index (κ1) is 30.0. The molecule has 0 spiro atoms. The highest BCUT2D eigenvalue weighted by Gasteiger charge is 2.57. The number of aromatic nitrogens is 1. The number of phenolic OH excluding ortho intramolecular Hbond substituents is 1. The lowest BCUT2D eigenvalue weighted by atomic mass is 9.67. The van der Waals surface area contributed by atoms with E-state index in [2.05, 4.69) is 47.5 Å². The fourth-order valence-electron chi connectivity index (χ4n) is 6.89. The van der Waals surface area contributed by atoms with Crippen LogP contribution in [0.1, 0.15) is 49.2 Å². The third kappa shape index (κ3) is 5.79. The van der Waals surface area contributed by atoms with E-state index < -0.39 is 0 Å². The van der Waals surface area contributed by atoms with Crippen LogP contribution in [0.15, 0.2) is 65.2 Å². The molecule has 0 bridgehead atoms. The van der Waals surface area contributed by atoms with Gasteiger partial charge in [-0.2, -0.15) is 0 Å². The number of ether oxygens (including phenoxy) is 2. The van der Waals surface area contributed by atoms with E-state index in [4.69, 9.17) is 9.47 Å². The van der Waals surface area contributed by atoms with Crippen LogP contribution in [-0.2, 0) is 20.9 Å². The van der Waals surface area contributed by atoms with E-state index in [-0.39, 0.29) is 47.3 Å². The summed E-state index contributed by atoms with van der Waals surface area (Å²) in [5.74, 6) is -0.0172. The van der Waals surface area contributed by atoms with Crippen LogP contribution in [0.25, 0.3) is 11.6 Å². The number of carbonyl (C=O) groups excluding carboxylic acids is 2. The van der Waals surface area contributed by atoms with Crippen molar-refractivity contribution < 1.29 is 24.2 Å². The molecule has 224 valence electrons. The van der Waals surface area contributed by atoms with E-state index in [0.717, 1.165) is 28.1 Å². The van der Waals surface area contributed by atoms with E-state index >= 15 is 0 Å². The average molecular weight is 711 g/mol. The largest absolute Gasteiger partial charge is 0.504 e.